The molecule has 1 saturated heterocycles. The second-order valence-corrected chi connectivity index (χ2v) is 4.61. The molecule has 0 spiro atoms. The molecule has 0 aromatic carbocycles. The molecule has 2 fully saturated rings. The minimum Gasteiger partial charge on any atom is -0.0312 e. The zero-order valence-corrected chi connectivity index (χ0v) is 17.0. The predicted molar refractivity (Wildman–Crippen MR) is 80.6 cm³/mol. The van der Waals surface area contributed by atoms with Crippen molar-refractivity contribution in [1.82, 2.24) is 0 Å². The summed E-state index contributed by atoms with van der Waals surface area (Å²) in [6.45, 7) is 17.6. The van der Waals surface area contributed by atoms with E-state index in [1.54, 1.807) is 0 Å². The number of hydrogen-bond donors (Lipinski definition) is 1. The molecular formula is C18H20O6W+. The third kappa shape index (κ3) is 19.5. The molecule has 2 atom stereocenters. The summed E-state index contributed by atoms with van der Waals surface area (Å²) in [7, 11) is 0. The Labute approximate surface area is 165 Å². The van der Waals surface area contributed by atoms with Crippen molar-refractivity contribution in [3.05, 3.63) is 58.5 Å². The van der Waals surface area contributed by atoms with Gasteiger partial charge in [-0.3, -0.25) is 0 Å². The summed E-state index contributed by atoms with van der Waals surface area (Å²) in [4.78, 5) is 0. The number of hydrogen-bond acceptors (Lipinski definition) is 3. The van der Waals surface area contributed by atoms with Gasteiger partial charge in [-0.1, -0.05) is 0 Å². The number of aliphatic hydroxyl groups excluding tert-OH is 1. The fourth-order valence-electron chi connectivity index (χ4n) is 1.63. The normalized spacial score (nSPS) is 19.8. The summed E-state index contributed by atoms with van der Waals surface area (Å²) >= 11 is 0. The van der Waals surface area contributed by atoms with Crippen LogP contribution in [0.4, 0.5) is 0 Å². The van der Waals surface area contributed by atoms with Crippen LogP contribution >= 0.6 is 0 Å². The molecule has 0 amide bonds. The minimum atomic E-state index is -0.583. The molecule has 25 heavy (non-hydrogen) atoms. The molecule has 0 aromatic heterocycles. The van der Waals surface area contributed by atoms with E-state index in [0.717, 1.165) is 0 Å². The third-order valence-electron chi connectivity index (χ3n) is 2.58. The van der Waals surface area contributed by atoms with E-state index in [1.807, 2.05) is 46.0 Å². The quantitative estimate of drug-likeness (QED) is 0.352. The van der Waals surface area contributed by atoms with Crippen molar-refractivity contribution in [3.8, 4) is 5.92 Å². The maximum atomic E-state index is 9.58. The van der Waals surface area contributed by atoms with Gasteiger partial charge in [0.1, 0.15) is 6.10 Å². The summed E-state index contributed by atoms with van der Waals surface area (Å²) in [5, 5.41) is 9.58. The molecule has 0 aromatic rings. The summed E-state index contributed by atoms with van der Waals surface area (Å²) in [6.07, 6.45) is 16.9. The van der Waals surface area contributed by atoms with Crippen LogP contribution < -0.4 is 0 Å². The molecule has 7 heteroatoms. The average Bonchev–Trinajstić information content (AvgIpc) is 3.31. The molecule has 1 N–H and O–H groups in total. The topological polar surface area (TPSA) is 98.4 Å². The summed E-state index contributed by atoms with van der Waals surface area (Å²) < 4.78 is 33.3. The van der Waals surface area contributed by atoms with Crippen molar-refractivity contribution in [2.45, 2.75) is 44.7 Å². The van der Waals surface area contributed by atoms with Gasteiger partial charge in [0, 0.05) is 0 Å². The molecule has 0 unspecified atom stereocenters. The molecule has 5 radical (unpaired) electrons. The number of ether oxygens (including phenoxy) is 2. The standard InChI is InChI=1S/C10H15O3.C5H5.3CO.W/c1-4-5-6-8(11)9-7-12-10(2,3)13-9;1-2-4-5-3-1;3*1-2;/h8-9,11H,5-7H2,2-3H3;1-5H;;;;/q-1;;;;;+2/t8-,9-;;;;;/m1...../s1. The third-order valence-corrected chi connectivity index (χ3v) is 2.58. The Kier molecular flexibility index (Phi) is 29.9. The van der Waals surface area contributed by atoms with Crippen molar-refractivity contribution in [1.29, 1.82) is 0 Å². The first-order valence-electron chi connectivity index (χ1n) is 6.72. The van der Waals surface area contributed by atoms with Gasteiger partial charge in [0.25, 0.3) is 0 Å². The molecular weight excluding hydrogens is 496 g/mol. The molecule has 1 aliphatic carbocycles. The van der Waals surface area contributed by atoms with E-state index in [4.69, 9.17) is 29.9 Å². The van der Waals surface area contributed by atoms with Crippen LogP contribution in [0.2, 0.25) is 0 Å². The van der Waals surface area contributed by atoms with Gasteiger partial charge in [-0.15, -0.1) is 0 Å². The van der Waals surface area contributed by atoms with Gasteiger partial charge in [0.2, 0.25) is 0 Å². The van der Waals surface area contributed by atoms with Gasteiger partial charge in [-0.05, 0) is 58.8 Å². The van der Waals surface area contributed by atoms with Crippen molar-refractivity contribution < 1.29 is 49.6 Å². The summed E-state index contributed by atoms with van der Waals surface area (Å²) in [6, 6.07) is 0. The molecule has 1 heterocycles. The van der Waals surface area contributed by atoms with Crippen molar-refractivity contribution in [3.63, 3.8) is 0 Å². The summed E-state index contributed by atoms with van der Waals surface area (Å²) in [5.74, 6) is 1.65. The maximum absolute atomic E-state index is 9.58. The van der Waals surface area contributed by atoms with E-state index in [9.17, 15) is 5.11 Å². The Morgan fingerprint density at radius 2 is 1.48 bits per heavy atom. The van der Waals surface area contributed by atoms with E-state index in [1.165, 1.54) is 0 Å². The van der Waals surface area contributed by atoms with Gasteiger partial charge in [0.15, 0.2) is 5.79 Å². The van der Waals surface area contributed by atoms with Crippen LogP contribution in [-0.4, -0.2) is 29.7 Å². The van der Waals surface area contributed by atoms with E-state index >= 15 is 0 Å². The monoisotopic (exact) mass is 516 g/mol. The van der Waals surface area contributed by atoms with E-state index in [-0.39, 0.29) is 27.2 Å². The first-order valence-corrected chi connectivity index (χ1v) is 6.72. The smallest absolute Gasteiger partial charge is 0.0312 e. The molecule has 2 aliphatic rings. The van der Waals surface area contributed by atoms with Crippen LogP contribution in [0.1, 0.15) is 26.7 Å². The van der Waals surface area contributed by atoms with Crippen LogP contribution in [0.15, 0.2) is 0 Å². The Morgan fingerprint density at radius 1 is 1.08 bits per heavy atom. The van der Waals surface area contributed by atoms with Gasteiger partial charge in [-0.2, -0.15) is 0 Å². The van der Waals surface area contributed by atoms with E-state index in [0.29, 0.717) is 19.4 Å². The van der Waals surface area contributed by atoms with E-state index in [2.05, 4.69) is 25.9 Å². The van der Waals surface area contributed by atoms with Crippen molar-refractivity contribution in [2.24, 2.45) is 0 Å². The van der Waals surface area contributed by atoms with Crippen molar-refractivity contribution >= 4 is 0 Å². The molecule has 0 bridgehead atoms. The predicted octanol–water partition coefficient (Wildman–Crippen LogP) is 1.78. The van der Waals surface area contributed by atoms with Gasteiger partial charge >= 0.3 is 55.0 Å². The van der Waals surface area contributed by atoms with Crippen LogP contribution in [0.3, 0.4) is 0 Å². The zero-order chi connectivity index (χ0) is 19.4. The Hall–Kier alpha value is -0.652. The second kappa shape index (κ2) is 23.3. The van der Waals surface area contributed by atoms with Crippen LogP contribution in [0, 0.1) is 64.4 Å². The minimum absolute atomic E-state index is 0. The molecule has 2 rings (SSSR count). The van der Waals surface area contributed by atoms with E-state index < -0.39 is 11.9 Å². The zero-order valence-electron chi connectivity index (χ0n) is 14.1. The van der Waals surface area contributed by atoms with Gasteiger partial charge in [-0.25, -0.2) is 0 Å². The molecule has 1 aliphatic heterocycles. The van der Waals surface area contributed by atoms with Crippen LogP contribution in [0.5, 0.6) is 0 Å². The average molecular weight is 516 g/mol. The fraction of sp³-hybridized carbons (Fsp3) is 0.444. The number of rotatable bonds is 3. The number of aliphatic hydroxyl groups is 1. The Balaban J connectivity index is -0.000000154. The van der Waals surface area contributed by atoms with Crippen LogP contribution in [0.25, 0.3) is 0 Å². The first kappa shape index (κ1) is 32.1. The van der Waals surface area contributed by atoms with Crippen molar-refractivity contribution in [2.75, 3.05) is 6.61 Å². The molecule has 6 nitrogen and oxygen atoms in total. The Morgan fingerprint density at radius 3 is 1.76 bits per heavy atom. The van der Waals surface area contributed by atoms with Gasteiger partial charge < -0.3 is 26.9 Å². The largest absolute Gasteiger partial charge is 2.00 e. The maximum Gasteiger partial charge on any atom is 2.00 e. The first-order chi connectivity index (χ1) is 11.5. The van der Waals surface area contributed by atoms with Crippen LogP contribution in [-0.2, 0) is 44.5 Å². The Bertz CT molecular complexity index is 357. The second-order valence-electron chi connectivity index (χ2n) is 4.61. The SMILES string of the molecule is [C-]#CCC[C@@H](O)[C@H]1COC(C)(C)O1.[C-]#[O+].[C-]#[O+].[C-]#[O+].[CH]1[CH][CH][CH][CH]1.[W+2]. The molecule has 133 valence electrons. The van der Waals surface area contributed by atoms with Gasteiger partial charge in [0.05, 0.1) is 12.7 Å². The molecule has 1 saturated carbocycles. The summed E-state index contributed by atoms with van der Waals surface area (Å²) in [5.41, 5.74) is 0. The fourth-order valence-corrected chi connectivity index (χ4v) is 1.63.